The zero-order valence-corrected chi connectivity index (χ0v) is 13.2. The lowest BCUT2D eigenvalue weighted by Crippen LogP contribution is -2.01. The fraction of sp³-hybridized carbons (Fsp3) is 0.100. The molecule has 4 heteroatoms. The molecule has 0 radical (unpaired) electrons. The highest BCUT2D eigenvalue weighted by Crippen LogP contribution is 2.33. The summed E-state index contributed by atoms with van der Waals surface area (Å²) in [5.41, 5.74) is 9.50. The molecule has 24 heavy (non-hydrogen) atoms. The van der Waals surface area contributed by atoms with Crippen LogP contribution in [-0.4, -0.2) is 12.2 Å². The average molecular weight is 319 g/mol. The number of hydrogen-bond acceptors (Lipinski definition) is 4. The van der Waals surface area contributed by atoms with E-state index in [1.54, 1.807) is 19.2 Å². The molecule has 3 aromatic carbocycles. The lowest BCUT2D eigenvalue weighted by atomic mass is 9.99. The summed E-state index contributed by atoms with van der Waals surface area (Å²) in [7, 11) is 1.57. The fourth-order valence-corrected chi connectivity index (χ4v) is 3.03. The van der Waals surface area contributed by atoms with Gasteiger partial charge in [-0.15, -0.1) is 0 Å². The van der Waals surface area contributed by atoms with Crippen molar-refractivity contribution in [1.29, 1.82) is 0 Å². The van der Waals surface area contributed by atoms with Gasteiger partial charge in [0.2, 0.25) is 0 Å². The Morgan fingerprint density at radius 3 is 2.42 bits per heavy atom. The van der Waals surface area contributed by atoms with Gasteiger partial charge in [0.25, 0.3) is 0 Å². The third-order valence-electron chi connectivity index (χ3n) is 4.29. The van der Waals surface area contributed by atoms with Gasteiger partial charge in [-0.25, -0.2) is 0 Å². The van der Waals surface area contributed by atoms with Crippen molar-refractivity contribution in [2.24, 2.45) is 0 Å². The zero-order chi connectivity index (χ0) is 16.7. The van der Waals surface area contributed by atoms with Gasteiger partial charge in [0.05, 0.1) is 12.8 Å². The van der Waals surface area contributed by atoms with Crippen LogP contribution in [0.2, 0.25) is 0 Å². The molecule has 0 unspecified atom stereocenters. The number of ether oxygens (including phenoxy) is 1. The lowest BCUT2D eigenvalue weighted by Gasteiger charge is -2.13. The monoisotopic (exact) mass is 319 g/mol. The van der Waals surface area contributed by atoms with Gasteiger partial charge in [-0.1, -0.05) is 36.4 Å². The second kappa shape index (κ2) is 5.58. The van der Waals surface area contributed by atoms with Crippen molar-refractivity contribution in [2.75, 3.05) is 12.8 Å². The number of aliphatic hydroxyl groups is 1. The van der Waals surface area contributed by atoms with E-state index in [0.717, 1.165) is 27.5 Å². The molecule has 1 heterocycles. The Morgan fingerprint density at radius 2 is 1.62 bits per heavy atom. The third kappa shape index (κ3) is 2.28. The minimum atomic E-state index is -0.782. The predicted octanol–water partition coefficient (Wildman–Crippen LogP) is 4.26. The van der Waals surface area contributed by atoms with Crippen molar-refractivity contribution in [3.63, 3.8) is 0 Å². The van der Waals surface area contributed by atoms with E-state index in [0.29, 0.717) is 17.0 Å². The largest absolute Gasteiger partial charge is 0.495 e. The first kappa shape index (κ1) is 14.6. The molecule has 0 aliphatic carbocycles. The first-order chi connectivity index (χ1) is 11.7. The molecule has 0 amide bonds. The summed E-state index contributed by atoms with van der Waals surface area (Å²) in [6, 6.07) is 19.0. The van der Waals surface area contributed by atoms with Gasteiger partial charge >= 0.3 is 0 Å². The van der Waals surface area contributed by atoms with Crippen LogP contribution < -0.4 is 10.5 Å². The Bertz CT molecular complexity index is 1040. The third-order valence-corrected chi connectivity index (χ3v) is 4.29. The van der Waals surface area contributed by atoms with Crippen LogP contribution in [0.1, 0.15) is 17.2 Å². The molecule has 1 aromatic heterocycles. The van der Waals surface area contributed by atoms with Crippen LogP contribution in [0.5, 0.6) is 5.75 Å². The van der Waals surface area contributed by atoms with Gasteiger partial charge in [-0.2, -0.15) is 0 Å². The van der Waals surface area contributed by atoms with Crippen LogP contribution in [0.4, 0.5) is 5.69 Å². The number of fused-ring (bicyclic) bond motifs is 3. The number of nitrogen functional groups attached to an aromatic ring is 1. The molecule has 4 rings (SSSR count). The second-order valence-corrected chi connectivity index (χ2v) is 5.76. The van der Waals surface area contributed by atoms with Crippen molar-refractivity contribution in [1.82, 2.24) is 0 Å². The summed E-state index contributed by atoms with van der Waals surface area (Å²) in [5.74, 6) is 0.596. The number of nitrogens with two attached hydrogens (primary N) is 1. The highest BCUT2D eigenvalue weighted by atomic mass is 16.5. The van der Waals surface area contributed by atoms with E-state index in [9.17, 15) is 5.11 Å². The maximum Gasteiger partial charge on any atom is 0.141 e. The van der Waals surface area contributed by atoms with Crippen LogP contribution in [-0.2, 0) is 0 Å². The Labute approximate surface area is 139 Å². The van der Waals surface area contributed by atoms with Gasteiger partial charge in [0.1, 0.15) is 23.0 Å². The van der Waals surface area contributed by atoms with Gasteiger partial charge in [-0.05, 0) is 35.4 Å². The number of furan rings is 1. The van der Waals surface area contributed by atoms with E-state index in [2.05, 4.69) is 0 Å². The maximum atomic E-state index is 10.7. The number of hydrogen-bond donors (Lipinski definition) is 2. The molecule has 0 aliphatic heterocycles. The molecule has 0 saturated heterocycles. The topological polar surface area (TPSA) is 68.6 Å². The maximum absolute atomic E-state index is 10.7. The molecular formula is C20H17NO3. The Balaban J connectivity index is 1.78. The normalized spacial score (nSPS) is 12.6. The summed E-state index contributed by atoms with van der Waals surface area (Å²) in [4.78, 5) is 0. The number of rotatable bonds is 3. The second-order valence-electron chi connectivity index (χ2n) is 5.76. The van der Waals surface area contributed by atoms with Crippen LogP contribution >= 0.6 is 0 Å². The zero-order valence-electron chi connectivity index (χ0n) is 13.2. The number of para-hydroxylation sites is 1. The van der Waals surface area contributed by atoms with E-state index in [1.807, 2.05) is 48.5 Å². The SMILES string of the molecule is COc1ccc([C@H](O)c2ccc3c(c2)oc2ccccc23)cc1N. The predicted molar refractivity (Wildman–Crippen MR) is 95.2 cm³/mol. The molecule has 0 saturated carbocycles. The molecule has 0 spiro atoms. The molecule has 0 bridgehead atoms. The number of benzene rings is 3. The summed E-state index contributed by atoms with van der Waals surface area (Å²) in [6.07, 6.45) is -0.782. The summed E-state index contributed by atoms with van der Waals surface area (Å²) < 4.78 is 11.0. The minimum Gasteiger partial charge on any atom is -0.495 e. The van der Waals surface area contributed by atoms with Gasteiger partial charge < -0.3 is 20.0 Å². The Hall–Kier alpha value is -2.98. The van der Waals surface area contributed by atoms with Crippen molar-refractivity contribution < 1.29 is 14.3 Å². The first-order valence-corrected chi connectivity index (χ1v) is 7.70. The minimum absolute atomic E-state index is 0.499. The van der Waals surface area contributed by atoms with Crippen LogP contribution in [0.15, 0.2) is 65.1 Å². The van der Waals surface area contributed by atoms with E-state index >= 15 is 0 Å². The van der Waals surface area contributed by atoms with Crippen molar-refractivity contribution >= 4 is 27.6 Å². The van der Waals surface area contributed by atoms with Crippen molar-refractivity contribution in [3.8, 4) is 5.75 Å². The summed E-state index contributed by atoms with van der Waals surface area (Å²) in [5, 5.41) is 12.8. The van der Waals surface area contributed by atoms with E-state index in [4.69, 9.17) is 14.9 Å². The molecule has 1 atom stereocenters. The van der Waals surface area contributed by atoms with Gasteiger partial charge in [0, 0.05) is 10.8 Å². The molecule has 0 aliphatic rings. The molecule has 4 nitrogen and oxygen atoms in total. The average Bonchev–Trinajstić information content (AvgIpc) is 2.98. The standard InChI is InChI=1S/C20H17NO3/c1-23-18-9-7-12(10-16(18)21)20(22)13-6-8-15-14-4-2-3-5-17(14)24-19(15)11-13/h2-11,20,22H,21H2,1H3/t20-/m0/s1. The number of aliphatic hydroxyl groups excluding tert-OH is 1. The first-order valence-electron chi connectivity index (χ1n) is 7.70. The molecule has 3 N–H and O–H groups in total. The smallest absolute Gasteiger partial charge is 0.141 e. The van der Waals surface area contributed by atoms with E-state index in [1.165, 1.54) is 0 Å². The van der Waals surface area contributed by atoms with Gasteiger partial charge in [-0.3, -0.25) is 0 Å². The molecule has 0 fully saturated rings. The Kier molecular flexibility index (Phi) is 3.40. The quantitative estimate of drug-likeness (QED) is 0.554. The van der Waals surface area contributed by atoms with Crippen LogP contribution in [0.25, 0.3) is 21.9 Å². The Morgan fingerprint density at radius 1 is 0.917 bits per heavy atom. The molecule has 120 valence electrons. The highest BCUT2D eigenvalue weighted by Gasteiger charge is 2.15. The summed E-state index contributed by atoms with van der Waals surface area (Å²) >= 11 is 0. The lowest BCUT2D eigenvalue weighted by molar-refractivity contribution is 0.220. The van der Waals surface area contributed by atoms with E-state index in [-0.39, 0.29) is 0 Å². The van der Waals surface area contributed by atoms with Gasteiger partial charge in [0.15, 0.2) is 0 Å². The van der Waals surface area contributed by atoms with Crippen molar-refractivity contribution in [2.45, 2.75) is 6.10 Å². The fourth-order valence-electron chi connectivity index (χ4n) is 3.03. The van der Waals surface area contributed by atoms with Crippen LogP contribution in [0.3, 0.4) is 0 Å². The number of methoxy groups -OCH3 is 1. The summed E-state index contributed by atoms with van der Waals surface area (Å²) in [6.45, 7) is 0. The molecule has 4 aromatic rings. The molecular weight excluding hydrogens is 302 g/mol. The van der Waals surface area contributed by atoms with Crippen molar-refractivity contribution in [3.05, 3.63) is 71.8 Å². The highest BCUT2D eigenvalue weighted by molar-refractivity contribution is 6.04. The van der Waals surface area contributed by atoms with Crippen LogP contribution in [0, 0.1) is 0 Å². The number of anilines is 1. The van der Waals surface area contributed by atoms with E-state index < -0.39 is 6.10 Å².